The molecule has 0 unspecified atom stereocenters. The predicted molar refractivity (Wildman–Crippen MR) is 112 cm³/mol. The minimum atomic E-state index is -0.399. The first-order valence-corrected chi connectivity index (χ1v) is 10.3. The molecule has 0 fully saturated rings. The highest BCUT2D eigenvalue weighted by atomic mass is 35.5. The highest BCUT2D eigenvalue weighted by Gasteiger charge is 2.23. The van der Waals surface area contributed by atoms with Crippen LogP contribution in [0.1, 0.15) is 29.3 Å². The van der Waals surface area contributed by atoms with Gasteiger partial charge in [0, 0.05) is 15.5 Å². The molecule has 0 bridgehead atoms. The molecule has 1 amide bonds. The van der Waals surface area contributed by atoms with Crippen molar-refractivity contribution >= 4 is 45.3 Å². The summed E-state index contributed by atoms with van der Waals surface area (Å²) in [6, 6.07) is 7.18. The van der Waals surface area contributed by atoms with Gasteiger partial charge in [0.2, 0.25) is 0 Å². The fourth-order valence-corrected chi connectivity index (χ4v) is 4.95. The van der Waals surface area contributed by atoms with E-state index in [1.807, 2.05) is 12.1 Å². The lowest BCUT2D eigenvalue weighted by Crippen LogP contribution is -2.30. The van der Waals surface area contributed by atoms with Crippen LogP contribution in [-0.2, 0) is 24.2 Å². The van der Waals surface area contributed by atoms with Crippen molar-refractivity contribution in [3.05, 3.63) is 62.0 Å². The molecule has 3 aromatic rings. The number of rotatable bonds is 4. The van der Waals surface area contributed by atoms with Crippen LogP contribution in [0.5, 0.6) is 0 Å². The third-order valence-electron chi connectivity index (χ3n) is 4.89. The number of hydrogen-bond donors (Lipinski definition) is 1. The maximum atomic E-state index is 12.9. The van der Waals surface area contributed by atoms with E-state index in [4.69, 9.17) is 11.6 Å². The Bertz CT molecular complexity index is 1130. The normalized spacial score (nSPS) is 16.4. The molecular weight excluding hydrogens is 396 g/mol. The van der Waals surface area contributed by atoms with Crippen LogP contribution in [0.3, 0.4) is 0 Å². The van der Waals surface area contributed by atoms with Gasteiger partial charge in [0.15, 0.2) is 0 Å². The van der Waals surface area contributed by atoms with Crippen molar-refractivity contribution in [1.82, 2.24) is 15.0 Å². The van der Waals surface area contributed by atoms with Crippen molar-refractivity contribution in [2.45, 2.75) is 32.7 Å². The van der Waals surface area contributed by atoms with E-state index in [2.05, 4.69) is 22.4 Å². The first-order valence-electron chi connectivity index (χ1n) is 9.09. The van der Waals surface area contributed by atoms with Crippen LogP contribution in [0.15, 0.2) is 40.5 Å². The molecule has 144 valence electrons. The van der Waals surface area contributed by atoms with Gasteiger partial charge in [-0.3, -0.25) is 14.2 Å². The Morgan fingerprint density at radius 2 is 2.29 bits per heavy atom. The van der Waals surface area contributed by atoms with Gasteiger partial charge < -0.3 is 0 Å². The summed E-state index contributed by atoms with van der Waals surface area (Å²) in [6.45, 7) is 2.09. The smallest absolute Gasteiger partial charge is 0.262 e. The van der Waals surface area contributed by atoms with E-state index in [0.717, 1.165) is 29.7 Å². The van der Waals surface area contributed by atoms with E-state index < -0.39 is 5.91 Å². The molecular formula is C20H19ClN4O2S. The van der Waals surface area contributed by atoms with E-state index in [0.29, 0.717) is 21.9 Å². The van der Waals surface area contributed by atoms with Crippen LogP contribution >= 0.6 is 22.9 Å². The Morgan fingerprint density at radius 3 is 3.11 bits per heavy atom. The number of nitrogens with zero attached hydrogens (tertiary/aromatic N) is 3. The quantitative estimate of drug-likeness (QED) is 0.525. The fraction of sp³-hybridized carbons (Fsp3) is 0.300. The zero-order chi connectivity index (χ0) is 19.7. The maximum absolute atomic E-state index is 12.9. The molecule has 1 aliphatic rings. The van der Waals surface area contributed by atoms with E-state index in [1.54, 1.807) is 23.5 Å². The maximum Gasteiger partial charge on any atom is 0.262 e. The van der Waals surface area contributed by atoms with Crippen molar-refractivity contribution in [3.8, 4) is 0 Å². The number of fused-ring (bicyclic) bond motifs is 3. The topological polar surface area (TPSA) is 76.3 Å². The highest BCUT2D eigenvalue weighted by molar-refractivity contribution is 7.18. The molecule has 0 saturated heterocycles. The Kier molecular flexibility index (Phi) is 5.28. The zero-order valence-corrected chi connectivity index (χ0v) is 16.9. The van der Waals surface area contributed by atoms with Crippen molar-refractivity contribution in [2.24, 2.45) is 11.0 Å². The van der Waals surface area contributed by atoms with Crippen LogP contribution in [-0.4, -0.2) is 21.7 Å². The predicted octanol–water partition coefficient (Wildman–Crippen LogP) is 3.39. The average molecular weight is 415 g/mol. The first-order chi connectivity index (χ1) is 13.5. The molecule has 8 heteroatoms. The molecule has 1 aliphatic carbocycles. The largest absolute Gasteiger partial charge is 0.289 e. The van der Waals surface area contributed by atoms with Crippen LogP contribution < -0.4 is 11.0 Å². The number of hydrazone groups is 1. The third-order valence-corrected chi connectivity index (χ3v) is 6.40. The molecule has 0 spiro atoms. The second kappa shape index (κ2) is 7.85. The Balaban J connectivity index is 1.52. The Morgan fingerprint density at radius 1 is 1.46 bits per heavy atom. The molecule has 4 rings (SSSR count). The lowest BCUT2D eigenvalue weighted by atomic mass is 9.89. The third kappa shape index (κ3) is 3.72. The summed E-state index contributed by atoms with van der Waals surface area (Å²) in [4.78, 5) is 31.5. The van der Waals surface area contributed by atoms with Gasteiger partial charge >= 0.3 is 0 Å². The van der Waals surface area contributed by atoms with Crippen LogP contribution in [0.2, 0.25) is 5.02 Å². The highest BCUT2D eigenvalue weighted by Crippen LogP contribution is 2.35. The lowest BCUT2D eigenvalue weighted by Gasteiger charge is -2.17. The average Bonchev–Trinajstić information content (AvgIpc) is 3.04. The van der Waals surface area contributed by atoms with Crippen LogP contribution in [0.4, 0.5) is 0 Å². The number of halogens is 1. The lowest BCUT2D eigenvalue weighted by molar-refractivity contribution is -0.121. The summed E-state index contributed by atoms with van der Waals surface area (Å²) in [5.74, 6) is 0.230. The summed E-state index contributed by atoms with van der Waals surface area (Å²) < 4.78 is 1.34. The van der Waals surface area contributed by atoms with Gasteiger partial charge in [-0.1, -0.05) is 36.7 Å². The first kappa shape index (κ1) is 18.8. The summed E-state index contributed by atoms with van der Waals surface area (Å²) in [6.07, 6.45) is 5.87. The van der Waals surface area contributed by atoms with Gasteiger partial charge in [0.25, 0.3) is 11.5 Å². The van der Waals surface area contributed by atoms with Gasteiger partial charge in [-0.2, -0.15) is 5.10 Å². The Hall–Kier alpha value is -2.51. The number of aryl methyl sites for hydroxylation is 1. The zero-order valence-electron chi connectivity index (χ0n) is 15.3. The van der Waals surface area contributed by atoms with Gasteiger partial charge in [-0.15, -0.1) is 11.3 Å². The summed E-state index contributed by atoms with van der Waals surface area (Å²) in [5.41, 5.74) is 4.08. The van der Waals surface area contributed by atoms with Gasteiger partial charge in [-0.05, 0) is 36.8 Å². The molecule has 1 N–H and O–H groups in total. The second-order valence-electron chi connectivity index (χ2n) is 7.02. The number of hydrogen-bond acceptors (Lipinski definition) is 5. The van der Waals surface area contributed by atoms with Crippen molar-refractivity contribution < 1.29 is 4.79 Å². The van der Waals surface area contributed by atoms with E-state index >= 15 is 0 Å². The fourth-order valence-electron chi connectivity index (χ4n) is 3.42. The number of benzene rings is 1. The minimum Gasteiger partial charge on any atom is -0.289 e. The minimum absolute atomic E-state index is 0.136. The molecule has 28 heavy (non-hydrogen) atoms. The van der Waals surface area contributed by atoms with Crippen molar-refractivity contribution in [1.29, 1.82) is 0 Å². The number of nitrogens with one attached hydrogen (secondary N) is 1. The Labute approximate surface area is 170 Å². The molecule has 0 saturated carbocycles. The molecule has 2 aromatic heterocycles. The van der Waals surface area contributed by atoms with Crippen LogP contribution in [0.25, 0.3) is 10.2 Å². The van der Waals surface area contributed by atoms with Gasteiger partial charge in [0.05, 0.1) is 17.9 Å². The summed E-state index contributed by atoms with van der Waals surface area (Å²) >= 11 is 7.64. The molecule has 1 aromatic carbocycles. The van der Waals surface area contributed by atoms with Gasteiger partial charge in [-0.25, -0.2) is 10.4 Å². The van der Waals surface area contributed by atoms with E-state index in [1.165, 1.54) is 22.0 Å². The number of aromatic nitrogens is 2. The number of carbonyl (C=O) groups is 1. The van der Waals surface area contributed by atoms with E-state index in [9.17, 15) is 9.59 Å². The molecule has 1 atom stereocenters. The standard InChI is InChI=1S/C20H19ClN4O2S/c1-12-6-7-14-16(8-12)28-19-18(14)20(27)25(11-22-19)10-17(26)24-23-9-13-4-2-3-5-15(13)21/h2-5,9,11-12H,6-8,10H2,1H3,(H,24,26)/t12-/m1/s1. The molecule has 0 radical (unpaired) electrons. The van der Waals surface area contributed by atoms with E-state index in [-0.39, 0.29) is 12.1 Å². The molecule has 2 heterocycles. The second-order valence-corrected chi connectivity index (χ2v) is 8.52. The number of amides is 1. The monoisotopic (exact) mass is 414 g/mol. The van der Waals surface area contributed by atoms with Gasteiger partial charge in [0.1, 0.15) is 11.4 Å². The molecule has 0 aliphatic heterocycles. The SMILES string of the molecule is C[C@@H]1CCc2c(sc3ncn(CC(=O)NN=Cc4ccccc4Cl)c(=O)c23)C1. The molecule has 6 nitrogen and oxygen atoms in total. The number of thiophene rings is 1. The van der Waals surface area contributed by atoms with Crippen molar-refractivity contribution in [2.75, 3.05) is 0 Å². The van der Waals surface area contributed by atoms with Crippen LogP contribution in [0, 0.1) is 5.92 Å². The summed E-state index contributed by atoms with van der Waals surface area (Å²) in [7, 11) is 0. The summed E-state index contributed by atoms with van der Waals surface area (Å²) in [5, 5.41) is 5.13. The van der Waals surface area contributed by atoms with Crippen molar-refractivity contribution in [3.63, 3.8) is 0 Å². The number of carbonyl (C=O) groups excluding carboxylic acids is 1.